The summed E-state index contributed by atoms with van der Waals surface area (Å²) in [4.78, 5) is 15.3. The zero-order chi connectivity index (χ0) is 18.0. The number of hydrogen-bond donors (Lipinski definition) is 1. The van der Waals surface area contributed by atoms with Crippen molar-refractivity contribution in [3.8, 4) is 10.4 Å². The van der Waals surface area contributed by atoms with Crippen molar-refractivity contribution in [1.29, 1.82) is 0 Å². The average molecular weight is 370 g/mol. The number of benzene rings is 1. The third kappa shape index (κ3) is 4.39. The van der Waals surface area contributed by atoms with E-state index in [2.05, 4.69) is 4.90 Å². The largest absolute Gasteiger partial charge is 0.416 e. The van der Waals surface area contributed by atoms with E-state index < -0.39 is 23.8 Å². The van der Waals surface area contributed by atoms with Gasteiger partial charge in [-0.3, -0.25) is 9.69 Å². The number of hydrogen-bond acceptors (Lipinski definition) is 4. The molecule has 0 spiro atoms. The minimum absolute atomic E-state index is 0.447. The van der Waals surface area contributed by atoms with Gasteiger partial charge in [-0.1, -0.05) is 12.1 Å². The van der Waals surface area contributed by atoms with E-state index in [1.165, 1.54) is 23.5 Å². The summed E-state index contributed by atoms with van der Waals surface area (Å²) >= 11 is 1.52. The highest BCUT2D eigenvalue weighted by Crippen LogP contribution is 2.33. The fourth-order valence-electron chi connectivity index (χ4n) is 2.68. The lowest BCUT2D eigenvalue weighted by Gasteiger charge is -2.30. The summed E-state index contributed by atoms with van der Waals surface area (Å²) in [6.07, 6.45) is -4.92. The Bertz CT molecular complexity index is 743. The normalized spacial score (nSPS) is 19.1. The number of alkyl halides is 3. The Hall–Kier alpha value is -1.90. The summed E-state index contributed by atoms with van der Waals surface area (Å²) in [5, 5.41) is 0. The number of primary amides is 1. The van der Waals surface area contributed by atoms with E-state index >= 15 is 0 Å². The van der Waals surface area contributed by atoms with Gasteiger partial charge in [-0.05, 0) is 29.8 Å². The van der Waals surface area contributed by atoms with E-state index in [0.717, 1.165) is 27.5 Å². The Morgan fingerprint density at radius 1 is 1.24 bits per heavy atom. The summed E-state index contributed by atoms with van der Waals surface area (Å²) < 4.78 is 43.2. The zero-order valence-electron chi connectivity index (χ0n) is 13.3. The monoisotopic (exact) mass is 370 g/mol. The SMILES string of the molecule is NC(=O)C1CN(Cc2ccc(-c3ccc(C(F)(F)F)cc3)s2)CCO1. The zero-order valence-corrected chi connectivity index (χ0v) is 14.1. The third-order valence-corrected chi connectivity index (χ3v) is 5.12. The van der Waals surface area contributed by atoms with Gasteiger partial charge in [0.1, 0.15) is 6.10 Å². The van der Waals surface area contributed by atoms with Crippen LogP contribution in [0.15, 0.2) is 36.4 Å². The number of ether oxygens (including phenoxy) is 1. The molecule has 25 heavy (non-hydrogen) atoms. The lowest BCUT2D eigenvalue weighted by Crippen LogP contribution is -2.47. The number of rotatable bonds is 4. The molecule has 0 bridgehead atoms. The highest BCUT2D eigenvalue weighted by atomic mass is 32.1. The van der Waals surface area contributed by atoms with Gasteiger partial charge in [0.2, 0.25) is 5.91 Å². The molecule has 0 radical (unpaired) electrons. The van der Waals surface area contributed by atoms with Crippen LogP contribution in [0.2, 0.25) is 0 Å². The topological polar surface area (TPSA) is 55.6 Å². The molecule has 2 aromatic rings. The Labute approximate surface area is 147 Å². The Morgan fingerprint density at radius 2 is 1.96 bits per heavy atom. The van der Waals surface area contributed by atoms with Crippen molar-refractivity contribution < 1.29 is 22.7 Å². The quantitative estimate of drug-likeness (QED) is 0.900. The van der Waals surface area contributed by atoms with Crippen LogP contribution in [0, 0.1) is 0 Å². The molecule has 1 unspecified atom stereocenters. The van der Waals surface area contributed by atoms with Crippen LogP contribution in [-0.4, -0.2) is 36.6 Å². The molecule has 1 aromatic carbocycles. The van der Waals surface area contributed by atoms with Crippen molar-refractivity contribution >= 4 is 17.2 Å². The predicted molar refractivity (Wildman–Crippen MR) is 89.0 cm³/mol. The molecule has 1 saturated heterocycles. The standard InChI is InChI=1S/C17H17F3N2O2S/c18-17(19,20)12-3-1-11(2-4-12)15-6-5-13(25-15)9-22-7-8-24-14(10-22)16(21)23/h1-6,14H,7-10H2,(H2,21,23). The molecule has 1 fully saturated rings. The van der Waals surface area contributed by atoms with Crippen molar-refractivity contribution in [1.82, 2.24) is 4.90 Å². The maximum Gasteiger partial charge on any atom is 0.416 e. The van der Waals surface area contributed by atoms with Gasteiger partial charge >= 0.3 is 6.18 Å². The van der Waals surface area contributed by atoms with Crippen LogP contribution in [0.5, 0.6) is 0 Å². The van der Waals surface area contributed by atoms with Crippen molar-refractivity contribution in [3.63, 3.8) is 0 Å². The molecule has 2 heterocycles. The van der Waals surface area contributed by atoms with Gasteiger partial charge in [0.25, 0.3) is 0 Å². The van der Waals surface area contributed by atoms with Crippen LogP contribution in [0.25, 0.3) is 10.4 Å². The van der Waals surface area contributed by atoms with Crippen molar-refractivity contribution in [2.45, 2.75) is 18.8 Å². The molecule has 0 saturated carbocycles. The average Bonchev–Trinajstić information content (AvgIpc) is 3.03. The first kappa shape index (κ1) is 17.9. The molecule has 1 atom stereocenters. The van der Waals surface area contributed by atoms with Gasteiger partial charge < -0.3 is 10.5 Å². The van der Waals surface area contributed by atoms with E-state index in [-0.39, 0.29) is 0 Å². The fourth-order valence-corrected chi connectivity index (χ4v) is 3.74. The summed E-state index contributed by atoms with van der Waals surface area (Å²) in [6, 6.07) is 9.00. The van der Waals surface area contributed by atoms with Gasteiger partial charge in [0, 0.05) is 29.4 Å². The van der Waals surface area contributed by atoms with Gasteiger partial charge in [-0.25, -0.2) is 0 Å². The van der Waals surface area contributed by atoms with Crippen LogP contribution < -0.4 is 5.73 Å². The molecular formula is C17H17F3N2O2S. The lowest BCUT2D eigenvalue weighted by atomic mass is 10.1. The Balaban J connectivity index is 1.67. The third-order valence-electron chi connectivity index (χ3n) is 4.01. The summed E-state index contributed by atoms with van der Waals surface area (Å²) in [5.41, 5.74) is 5.37. The van der Waals surface area contributed by atoms with Crippen LogP contribution in [0.3, 0.4) is 0 Å². The van der Waals surface area contributed by atoms with E-state index in [1.807, 2.05) is 12.1 Å². The number of carbonyl (C=O) groups excluding carboxylic acids is 1. The minimum Gasteiger partial charge on any atom is -0.367 e. The van der Waals surface area contributed by atoms with Gasteiger partial charge in [-0.2, -0.15) is 13.2 Å². The second kappa shape index (κ2) is 7.15. The molecule has 0 aliphatic carbocycles. The number of nitrogens with two attached hydrogens (primary N) is 1. The molecule has 8 heteroatoms. The number of amides is 1. The number of carbonyl (C=O) groups is 1. The number of halogens is 3. The van der Waals surface area contributed by atoms with Gasteiger partial charge in [-0.15, -0.1) is 11.3 Å². The molecule has 1 aliphatic heterocycles. The van der Waals surface area contributed by atoms with E-state index in [0.29, 0.717) is 26.2 Å². The first-order valence-corrected chi connectivity index (χ1v) is 8.54. The van der Waals surface area contributed by atoms with Gasteiger partial charge in [0.15, 0.2) is 0 Å². The van der Waals surface area contributed by atoms with Crippen molar-refractivity contribution in [2.75, 3.05) is 19.7 Å². The summed E-state index contributed by atoms with van der Waals surface area (Å²) in [6.45, 7) is 2.25. The Kier molecular flexibility index (Phi) is 5.12. The van der Waals surface area contributed by atoms with Crippen LogP contribution in [0.1, 0.15) is 10.4 Å². The maximum absolute atomic E-state index is 12.6. The summed E-state index contributed by atoms with van der Waals surface area (Å²) in [7, 11) is 0. The first-order chi connectivity index (χ1) is 11.8. The number of nitrogens with zero attached hydrogens (tertiary/aromatic N) is 1. The smallest absolute Gasteiger partial charge is 0.367 e. The van der Waals surface area contributed by atoms with E-state index in [9.17, 15) is 18.0 Å². The van der Waals surface area contributed by atoms with Crippen LogP contribution >= 0.6 is 11.3 Å². The summed E-state index contributed by atoms with van der Waals surface area (Å²) in [5.74, 6) is -0.471. The molecule has 1 aromatic heterocycles. The van der Waals surface area contributed by atoms with Crippen molar-refractivity contribution in [2.24, 2.45) is 5.73 Å². The van der Waals surface area contributed by atoms with Crippen LogP contribution in [0.4, 0.5) is 13.2 Å². The lowest BCUT2D eigenvalue weighted by molar-refractivity contribution is -0.137. The molecule has 2 N–H and O–H groups in total. The highest BCUT2D eigenvalue weighted by molar-refractivity contribution is 7.15. The minimum atomic E-state index is -4.33. The highest BCUT2D eigenvalue weighted by Gasteiger charge is 2.30. The second-order valence-electron chi connectivity index (χ2n) is 5.84. The molecule has 4 nitrogen and oxygen atoms in total. The van der Waals surface area contributed by atoms with E-state index in [1.54, 1.807) is 0 Å². The second-order valence-corrected chi connectivity index (χ2v) is 7.01. The maximum atomic E-state index is 12.6. The molecule has 1 amide bonds. The van der Waals surface area contributed by atoms with E-state index in [4.69, 9.17) is 10.5 Å². The molecular weight excluding hydrogens is 353 g/mol. The predicted octanol–water partition coefficient (Wildman–Crippen LogP) is 3.12. The fraction of sp³-hybridized carbons (Fsp3) is 0.353. The van der Waals surface area contributed by atoms with Crippen molar-refractivity contribution in [3.05, 3.63) is 46.8 Å². The van der Waals surface area contributed by atoms with Crippen LogP contribution in [-0.2, 0) is 22.3 Å². The Morgan fingerprint density at radius 3 is 2.60 bits per heavy atom. The molecule has 1 aliphatic rings. The molecule has 3 rings (SSSR count). The number of thiophene rings is 1. The first-order valence-electron chi connectivity index (χ1n) is 7.72. The molecule has 134 valence electrons. The van der Waals surface area contributed by atoms with Gasteiger partial charge in [0.05, 0.1) is 12.2 Å². The number of morpholine rings is 1.